The van der Waals surface area contributed by atoms with Crippen LogP contribution in [0.4, 0.5) is 5.13 Å². The molecule has 3 heterocycles. The Balaban J connectivity index is 0.000000400. The third kappa shape index (κ3) is 8.96. The van der Waals surface area contributed by atoms with E-state index in [0.29, 0.717) is 32.8 Å². The molecule has 0 spiro atoms. The van der Waals surface area contributed by atoms with Gasteiger partial charge in [0.15, 0.2) is 11.5 Å². The molecule has 236 valence electrons. The predicted molar refractivity (Wildman–Crippen MR) is 178 cm³/mol. The second-order valence-corrected chi connectivity index (χ2v) is 11.5. The van der Waals surface area contributed by atoms with Crippen molar-refractivity contribution >= 4 is 28.3 Å². The molecule has 0 radical (unpaired) electrons. The molecule has 1 aliphatic heterocycles. The number of carbonyl (C=O) groups is 2. The molecule has 1 aliphatic rings. The number of aromatic carboxylic acids is 1. The summed E-state index contributed by atoms with van der Waals surface area (Å²) >= 11 is 1.30. The van der Waals surface area contributed by atoms with Crippen molar-refractivity contribution in [3.05, 3.63) is 120 Å². The fourth-order valence-electron chi connectivity index (χ4n) is 4.96. The summed E-state index contributed by atoms with van der Waals surface area (Å²) < 4.78 is 12.1. The highest BCUT2D eigenvalue weighted by molar-refractivity contribution is 7.18. The molecule has 0 saturated carbocycles. The van der Waals surface area contributed by atoms with Gasteiger partial charge >= 0.3 is 5.97 Å². The minimum absolute atomic E-state index is 0.122. The largest absolute Gasteiger partial charge is 0.493 e. The standard InChI is InChI=1S/C28H29N5O3S.C7H6O2/c1-35-25-19-22(26(34)30-28-32-31-27(37-28)21-11-14-29-15-12-21)9-10-24(25)36-23(20-7-3-2-4-8-20)13-18-33-16-5-6-17-33;8-7(9)6-4-2-1-3-5-6/h2-4,7-12,14-15,19,23H,5-6,13,16-18H2,1H3,(H,30,32,34);1-5H,(H,8,9). The number of ether oxygens (including phenoxy) is 2. The number of nitrogens with zero attached hydrogens (tertiary/aromatic N) is 4. The Morgan fingerprint density at radius 2 is 1.59 bits per heavy atom. The third-order valence-corrected chi connectivity index (χ3v) is 8.25. The number of rotatable bonds is 11. The summed E-state index contributed by atoms with van der Waals surface area (Å²) in [6, 6.07) is 27.5. The van der Waals surface area contributed by atoms with Crippen molar-refractivity contribution in [3.8, 4) is 22.1 Å². The summed E-state index contributed by atoms with van der Waals surface area (Å²) in [4.78, 5) is 29.6. The van der Waals surface area contributed by atoms with Gasteiger partial charge in [0, 0.05) is 36.5 Å². The van der Waals surface area contributed by atoms with Crippen molar-refractivity contribution in [3.63, 3.8) is 0 Å². The molecule has 1 amide bonds. The summed E-state index contributed by atoms with van der Waals surface area (Å²) in [5, 5.41) is 20.6. The number of aromatic nitrogens is 3. The van der Waals surface area contributed by atoms with Crippen LogP contribution in [0.3, 0.4) is 0 Å². The maximum atomic E-state index is 12.9. The molecule has 2 N–H and O–H groups in total. The summed E-state index contributed by atoms with van der Waals surface area (Å²) in [6.45, 7) is 3.27. The zero-order valence-electron chi connectivity index (χ0n) is 25.4. The zero-order chi connectivity index (χ0) is 32.1. The van der Waals surface area contributed by atoms with Gasteiger partial charge in [0.1, 0.15) is 11.1 Å². The molecular weight excluding hydrogens is 602 g/mol. The number of hydrogen-bond donors (Lipinski definition) is 2. The highest BCUT2D eigenvalue weighted by Gasteiger charge is 2.20. The van der Waals surface area contributed by atoms with Gasteiger partial charge in [-0.25, -0.2) is 4.79 Å². The summed E-state index contributed by atoms with van der Waals surface area (Å²) in [5.41, 5.74) is 2.79. The average molecular weight is 638 g/mol. The number of carboxylic acid groups (broad SMARTS) is 1. The topological polar surface area (TPSA) is 127 Å². The van der Waals surface area contributed by atoms with Crippen LogP contribution < -0.4 is 14.8 Å². The lowest BCUT2D eigenvalue weighted by Gasteiger charge is -2.24. The quantitative estimate of drug-likeness (QED) is 0.160. The number of methoxy groups -OCH3 is 1. The Labute approximate surface area is 271 Å². The van der Waals surface area contributed by atoms with E-state index in [4.69, 9.17) is 14.6 Å². The lowest BCUT2D eigenvalue weighted by molar-refractivity contribution is 0.0696. The normalized spacial score (nSPS) is 13.2. The summed E-state index contributed by atoms with van der Waals surface area (Å²) in [7, 11) is 1.58. The SMILES string of the molecule is COc1cc(C(=O)Nc2nnc(-c3ccncc3)s2)ccc1OC(CCN1CCCC1)c1ccccc1.O=C(O)c1ccccc1. The van der Waals surface area contributed by atoms with Gasteiger partial charge in [-0.1, -0.05) is 59.9 Å². The maximum Gasteiger partial charge on any atom is 0.335 e. The first kappa shape index (κ1) is 32.3. The molecule has 0 aliphatic carbocycles. The van der Waals surface area contributed by atoms with Gasteiger partial charge in [-0.3, -0.25) is 15.1 Å². The molecule has 10 nitrogen and oxygen atoms in total. The molecule has 1 fully saturated rings. The van der Waals surface area contributed by atoms with E-state index in [1.807, 2.05) is 30.3 Å². The van der Waals surface area contributed by atoms with Gasteiger partial charge in [-0.15, -0.1) is 10.2 Å². The number of likely N-dealkylation sites (tertiary alicyclic amines) is 1. The van der Waals surface area contributed by atoms with E-state index in [9.17, 15) is 9.59 Å². The minimum atomic E-state index is -0.879. The molecule has 11 heteroatoms. The van der Waals surface area contributed by atoms with Gasteiger partial charge in [0.05, 0.1) is 12.7 Å². The molecule has 46 heavy (non-hydrogen) atoms. The number of hydrogen-bond acceptors (Lipinski definition) is 9. The average Bonchev–Trinajstić information content (AvgIpc) is 3.81. The van der Waals surface area contributed by atoms with Crippen molar-refractivity contribution in [2.45, 2.75) is 25.4 Å². The Morgan fingerprint density at radius 1 is 0.891 bits per heavy atom. The van der Waals surface area contributed by atoms with Crippen LogP contribution in [0.2, 0.25) is 0 Å². The Bertz CT molecular complexity index is 1700. The molecule has 5 aromatic rings. The van der Waals surface area contributed by atoms with Crippen LogP contribution in [0.5, 0.6) is 11.5 Å². The fourth-order valence-corrected chi connectivity index (χ4v) is 5.71. The first-order valence-electron chi connectivity index (χ1n) is 15.0. The number of pyridine rings is 1. The summed E-state index contributed by atoms with van der Waals surface area (Å²) in [5.74, 6) is -0.0683. The lowest BCUT2D eigenvalue weighted by Crippen LogP contribution is -2.23. The highest BCUT2D eigenvalue weighted by atomic mass is 32.1. The number of anilines is 1. The zero-order valence-corrected chi connectivity index (χ0v) is 26.2. The molecule has 1 saturated heterocycles. The van der Waals surface area contributed by atoms with Gasteiger partial charge in [-0.05, 0) is 74.0 Å². The Kier molecular flexibility index (Phi) is 11.4. The molecule has 1 atom stereocenters. The molecule has 1 unspecified atom stereocenters. The molecule has 6 rings (SSSR count). The van der Waals surface area contributed by atoms with Crippen molar-refractivity contribution in [2.75, 3.05) is 32.1 Å². The molecular formula is C35H35N5O5S. The van der Waals surface area contributed by atoms with Gasteiger partial charge in [0.2, 0.25) is 5.13 Å². The van der Waals surface area contributed by atoms with Crippen molar-refractivity contribution in [1.29, 1.82) is 0 Å². The first-order valence-corrected chi connectivity index (χ1v) is 15.8. The van der Waals surface area contributed by atoms with E-state index >= 15 is 0 Å². The predicted octanol–water partition coefficient (Wildman–Crippen LogP) is 6.85. The number of nitrogens with one attached hydrogen (secondary N) is 1. The monoisotopic (exact) mass is 637 g/mol. The smallest absolute Gasteiger partial charge is 0.335 e. The number of benzene rings is 3. The van der Waals surface area contributed by atoms with Crippen LogP contribution in [0.15, 0.2) is 103 Å². The Hall–Kier alpha value is -5.13. The second kappa shape index (κ2) is 16.3. The third-order valence-electron chi connectivity index (χ3n) is 7.37. The Morgan fingerprint density at radius 3 is 2.24 bits per heavy atom. The van der Waals surface area contributed by atoms with Crippen molar-refractivity contribution in [1.82, 2.24) is 20.1 Å². The van der Waals surface area contributed by atoms with Crippen LogP contribution in [0, 0.1) is 0 Å². The van der Waals surface area contributed by atoms with E-state index in [-0.39, 0.29) is 12.0 Å². The number of amides is 1. The van der Waals surface area contributed by atoms with E-state index in [2.05, 4.69) is 37.5 Å². The van der Waals surface area contributed by atoms with Crippen LogP contribution >= 0.6 is 11.3 Å². The number of carbonyl (C=O) groups excluding carboxylic acids is 1. The minimum Gasteiger partial charge on any atom is -0.493 e. The van der Waals surface area contributed by atoms with E-state index in [0.717, 1.165) is 37.2 Å². The lowest BCUT2D eigenvalue weighted by atomic mass is 10.1. The molecule has 0 bridgehead atoms. The molecule has 3 aromatic carbocycles. The van der Waals surface area contributed by atoms with Gasteiger partial charge in [0.25, 0.3) is 5.91 Å². The molecule has 2 aromatic heterocycles. The fraction of sp³-hybridized carbons (Fsp3) is 0.229. The van der Waals surface area contributed by atoms with Gasteiger partial charge < -0.3 is 19.5 Å². The highest BCUT2D eigenvalue weighted by Crippen LogP contribution is 2.34. The van der Waals surface area contributed by atoms with Gasteiger partial charge in [-0.2, -0.15) is 0 Å². The van der Waals surface area contributed by atoms with Crippen molar-refractivity contribution in [2.24, 2.45) is 0 Å². The summed E-state index contributed by atoms with van der Waals surface area (Å²) in [6.07, 6.45) is 6.65. The van der Waals surface area contributed by atoms with E-state index in [1.165, 1.54) is 24.2 Å². The first-order chi connectivity index (χ1) is 22.5. The van der Waals surface area contributed by atoms with Crippen LogP contribution in [-0.2, 0) is 0 Å². The maximum absolute atomic E-state index is 12.9. The van der Waals surface area contributed by atoms with Crippen LogP contribution in [0.1, 0.15) is 51.6 Å². The van der Waals surface area contributed by atoms with Crippen molar-refractivity contribution < 1.29 is 24.2 Å². The van der Waals surface area contributed by atoms with E-state index in [1.54, 1.807) is 68.0 Å². The van der Waals surface area contributed by atoms with E-state index < -0.39 is 5.97 Å². The van der Waals surface area contributed by atoms with Crippen LogP contribution in [0.25, 0.3) is 10.6 Å². The van der Waals surface area contributed by atoms with Crippen LogP contribution in [-0.4, -0.2) is 63.8 Å². The second-order valence-electron chi connectivity index (χ2n) is 10.5. The number of carboxylic acids is 1.